The van der Waals surface area contributed by atoms with Crippen LogP contribution in [0.3, 0.4) is 0 Å². The number of ether oxygens (including phenoxy) is 1. The number of nitrogens with zero attached hydrogens (tertiary/aromatic N) is 1. The number of aliphatic hydroxyl groups excluding tert-OH is 1. The molecule has 1 N–H and O–H groups in total. The van der Waals surface area contributed by atoms with E-state index in [1.807, 2.05) is 20.8 Å². The van der Waals surface area contributed by atoms with Crippen molar-refractivity contribution in [3.8, 4) is 0 Å². The van der Waals surface area contributed by atoms with Crippen molar-refractivity contribution < 1.29 is 14.3 Å². The highest BCUT2D eigenvalue weighted by Gasteiger charge is 2.34. The molecule has 1 heterocycles. The molecule has 1 atom stereocenters. The third-order valence-corrected chi connectivity index (χ3v) is 2.20. The van der Waals surface area contributed by atoms with Crippen LogP contribution in [0.15, 0.2) is 10.6 Å². The van der Waals surface area contributed by atoms with Gasteiger partial charge in [-0.05, 0) is 20.8 Å². The van der Waals surface area contributed by atoms with Crippen molar-refractivity contribution in [2.45, 2.75) is 39.4 Å². The minimum atomic E-state index is -0.875. The van der Waals surface area contributed by atoms with Crippen LogP contribution in [0.2, 0.25) is 0 Å². The number of aromatic nitrogens is 1. The first kappa shape index (κ1) is 11.2. The molecule has 1 aromatic heterocycles. The van der Waals surface area contributed by atoms with E-state index in [1.165, 1.54) is 0 Å². The lowest BCUT2D eigenvalue weighted by molar-refractivity contribution is -0.139. The minimum Gasteiger partial charge on any atom is -0.445 e. The van der Waals surface area contributed by atoms with E-state index in [-0.39, 0.29) is 0 Å². The van der Waals surface area contributed by atoms with E-state index in [4.69, 9.17) is 9.15 Å². The summed E-state index contributed by atoms with van der Waals surface area (Å²) in [4.78, 5) is 3.99. The molecular formula is C10H17NO3. The van der Waals surface area contributed by atoms with E-state index in [0.29, 0.717) is 18.3 Å². The van der Waals surface area contributed by atoms with Crippen LogP contribution in [0.1, 0.15) is 32.4 Å². The number of hydrogen-bond donors (Lipinski definition) is 1. The third-order valence-electron chi connectivity index (χ3n) is 2.20. The van der Waals surface area contributed by atoms with E-state index in [0.717, 1.165) is 0 Å². The van der Waals surface area contributed by atoms with Crippen molar-refractivity contribution in [1.82, 2.24) is 4.98 Å². The average Bonchev–Trinajstić information content (AvgIpc) is 2.52. The van der Waals surface area contributed by atoms with Gasteiger partial charge in [0.05, 0.1) is 11.6 Å². The van der Waals surface area contributed by atoms with Crippen LogP contribution in [-0.4, -0.2) is 23.0 Å². The van der Waals surface area contributed by atoms with E-state index < -0.39 is 11.7 Å². The zero-order valence-corrected chi connectivity index (χ0v) is 9.07. The van der Waals surface area contributed by atoms with E-state index in [1.54, 1.807) is 13.1 Å². The zero-order valence-electron chi connectivity index (χ0n) is 9.07. The summed E-state index contributed by atoms with van der Waals surface area (Å²) in [5, 5.41) is 9.73. The van der Waals surface area contributed by atoms with Gasteiger partial charge in [0.2, 0.25) is 0 Å². The molecule has 0 saturated heterocycles. The zero-order chi connectivity index (χ0) is 10.8. The monoisotopic (exact) mass is 199 g/mol. The molecule has 4 heteroatoms. The summed E-state index contributed by atoms with van der Waals surface area (Å²) in [5.74, 6) is 1.23. The molecule has 0 fully saturated rings. The average molecular weight is 199 g/mol. The Hall–Kier alpha value is -0.870. The Balaban J connectivity index is 2.83. The fourth-order valence-electron chi connectivity index (χ4n) is 1.15. The molecule has 0 spiro atoms. The highest BCUT2D eigenvalue weighted by Crippen LogP contribution is 2.28. The standard InChI is InChI=1S/C10H17NO3/c1-5-13-9(12)10(3,4)8-6-11-7(2)14-8/h6,9,12H,5H2,1-4H3. The van der Waals surface area contributed by atoms with Crippen LogP contribution in [0, 0.1) is 6.92 Å². The molecule has 0 radical (unpaired) electrons. The first-order chi connectivity index (χ1) is 6.48. The fraction of sp³-hybridized carbons (Fsp3) is 0.700. The van der Waals surface area contributed by atoms with Gasteiger partial charge in [-0.1, -0.05) is 0 Å². The molecule has 0 aliphatic heterocycles. The smallest absolute Gasteiger partial charge is 0.191 e. The van der Waals surface area contributed by atoms with Gasteiger partial charge in [-0.2, -0.15) is 0 Å². The van der Waals surface area contributed by atoms with Gasteiger partial charge >= 0.3 is 0 Å². The van der Waals surface area contributed by atoms with Gasteiger partial charge in [0.15, 0.2) is 12.2 Å². The van der Waals surface area contributed by atoms with Crippen molar-refractivity contribution in [2.24, 2.45) is 0 Å². The van der Waals surface area contributed by atoms with Gasteiger partial charge < -0.3 is 14.3 Å². The topological polar surface area (TPSA) is 55.5 Å². The molecule has 4 nitrogen and oxygen atoms in total. The van der Waals surface area contributed by atoms with Crippen LogP contribution in [0.25, 0.3) is 0 Å². The predicted octanol–water partition coefficient (Wildman–Crippen LogP) is 1.62. The Kier molecular flexibility index (Phi) is 3.29. The van der Waals surface area contributed by atoms with Crippen molar-refractivity contribution in [2.75, 3.05) is 6.61 Å². The van der Waals surface area contributed by atoms with Gasteiger partial charge in [-0.15, -0.1) is 0 Å². The van der Waals surface area contributed by atoms with E-state index >= 15 is 0 Å². The number of aliphatic hydroxyl groups is 1. The highest BCUT2D eigenvalue weighted by molar-refractivity contribution is 5.09. The second-order valence-corrected chi connectivity index (χ2v) is 3.77. The summed E-state index contributed by atoms with van der Waals surface area (Å²) in [6.45, 7) is 7.79. The summed E-state index contributed by atoms with van der Waals surface area (Å²) in [6, 6.07) is 0. The number of hydrogen-bond acceptors (Lipinski definition) is 4. The van der Waals surface area contributed by atoms with E-state index in [2.05, 4.69) is 4.98 Å². The molecule has 1 rings (SSSR count). The van der Waals surface area contributed by atoms with Crippen molar-refractivity contribution >= 4 is 0 Å². The SMILES string of the molecule is CCOC(O)C(C)(C)c1cnc(C)o1. The summed E-state index contributed by atoms with van der Waals surface area (Å²) < 4.78 is 10.5. The normalized spacial score (nSPS) is 14.4. The molecule has 0 aliphatic rings. The molecule has 80 valence electrons. The molecule has 0 aliphatic carbocycles. The molecule has 0 amide bonds. The summed E-state index contributed by atoms with van der Waals surface area (Å²) in [6.07, 6.45) is 0.747. The largest absolute Gasteiger partial charge is 0.445 e. The van der Waals surface area contributed by atoms with Gasteiger partial charge in [0.25, 0.3) is 0 Å². The molecule has 0 bridgehead atoms. The molecule has 1 unspecified atom stereocenters. The molecule has 14 heavy (non-hydrogen) atoms. The molecule has 0 aromatic carbocycles. The number of aryl methyl sites for hydroxylation is 1. The lowest BCUT2D eigenvalue weighted by Crippen LogP contribution is -2.35. The predicted molar refractivity (Wildman–Crippen MR) is 51.9 cm³/mol. The second-order valence-electron chi connectivity index (χ2n) is 3.77. The Morgan fingerprint density at radius 2 is 2.29 bits per heavy atom. The van der Waals surface area contributed by atoms with Crippen molar-refractivity contribution in [1.29, 1.82) is 0 Å². The second kappa shape index (κ2) is 4.11. The Labute approximate surface area is 83.9 Å². The van der Waals surface area contributed by atoms with Crippen LogP contribution in [-0.2, 0) is 10.2 Å². The summed E-state index contributed by atoms with van der Waals surface area (Å²) >= 11 is 0. The number of rotatable bonds is 4. The van der Waals surface area contributed by atoms with Crippen molar-refractivity contribution in [3.63, 3.8) is 0 Å². The minimum absolute atomic E-state index is 0.470. The summed E-state index contributed by atoms with van der Waals surface area (Å²) in [5.41, 5.74) is -0.572. The fourth-order valence-corrected chi connectivity index (χ4v) is 1.15. The van der Waals surface area contributed by atoms with Gasteiger partial charge in [0.1, 0.15) is 5.76 Å². The third kappa shape index (κ3) is 2.13. The Morgan fingerprint density at radius 1 is 1.64 bits per heavy atom. The lowest BCUT2D eigenvalue weighted by atomic mass is 9.90. The van der Waals surface area contributed by atoms with Crippen LogP contribution >= 0.6 is 0 Å². The molecular weight excluding hydrogens is 182 g/mol. The van der Waals surface area contributed by atoms with E-state index in [9.17, 15) is 5.11 Å². The molecule has 0 saturated carbocycles. The van der Waals surface area contributed by atoms with Gasteiger partial charge in [-0.3, -0.25) is 0 Å². The van der Waals surface area contributed by atoms with Gasteiger partial charge in [0, 0.05) is 13.5 Å². The van der Waals surface area contributed by atoms with Crippen LogP contribution in [0.4, 0.5) is 0 Å². The molecule has 1 aromatic rings. The number of oxazole rings is 1. The summed E-state index contributed by atoms with van der Waals surface area (Å²) in [7, 11) is 0. The quantitative estimate of drug-likeness (QED) is 0.748. The lowest BCUT2D eigenvalue weighted by Gasteiger charge is -2.27. The van der Waals surface area contributed by atoms with Crippen molar-refractivity contribution in [3.05, 3.63) is 17.8 Å². The maximum atomic E-state index is 9.73. The first-order valence-electron chi connectivity index (χ1n) is 4.71. The van der Waals surface area contributed by atoms with Gasteiger partial charge in [-0.25, -0.2) is 4.98 Å². The highest BCUT2D eigenvalue weighted by atomic mass is 16.6. The Bertz CT molecular complexity index is 293. The Morgan fingerprint density at radius 3 is 2.71 bits per heavy atom. The van der Waals surface area contributed by atoms with Crippen LogP contribution < -0.4 is 0 Å². The maximum Gasteiger partial charge on any atom is 0.191 e. The van der Waals surface area contributed by atoms with Crippen LogP contribution in [0.5, 0.6) is 0 Å². The maximum absolute atomic E-state index is 9.73. The first-order valence-corrected chi connectivity index (χ1v) is 4.71.